The SMILES string of the molecule is O=C(Cc1ccccc1)N1C[C@H]2CCC[C@@]2(COCc2cccnc2)C1. The van der Waals surface area contributed by atoms with Gasteiger partial charge in [-0.05, 0) is 36.0 Å². The molecule has 4 nitrogen and oxygen atoms in total. The number of carbonyl (C=O) groups is 1. The summed E-state index contributed by atoms with van der Waals surface area (Å²) in [4.78, 5) is 19.0. The number of nitrogens with zero attached hydrogens (tertiary/aromatic N) is 2. The van der Waals surface area contributed by atoms with E-state index >= 15 is 0 Å². The second kappa shape index (κ2) is 7.58. The first-order valence-electron chi connectivity index (χ1n) is 9.54. The molecule has 4 rings (SSSR count). The molecule has 1 aromatic carbocycles. The molecule has 1 amide bonds. The van der Waals surface area contributed by atoms with Crippen molar-refractivity contribution in [3.63, 3.8) is 0 Å². The molecule has 4 heteroatoms. The van der Waals surface area contributed by atoms with Crippen LogP contribution in [0.5, 0.6) is 0 Å². The molecule has 1 aliphatic heterocycles. The Balaban J connectivity index is 1.36. The summed E-state index contributed by atoms with van der Waals surface area (Å²) in [7, 11) is 0. The van der Waals surface area contributed by atoms with E-state index in [0.717, 1.165) is 30.8 Å². The predicted octanol–water partition coefficient (Wildman–Crippen LogP) is 3.47. The first kappa shape index (κ1) is 17.2. The lowest BCUT2D eigenvalue weighted by Crippen LogP contribution is -2.35. The minimum atomic E-state index is 0.147. The number of amides is 1. The van der Waals surface area contributed by atoms with Crippen LogP contribution in [0, 0.1) is 11.3 Å². The fourth-order valence-electron chi connectivity index (χ4n) is 4.58. The molecule has 2 atom stereocenters. The number of pyridine rings is 1. The van der Waals surface area contributed by atoms with E-state index in [-0.39, 0.29) is 11.3 Å². The maximum Gasteiger partial charge on any atom is 0.227 e. The van der Waals surface area contributed by atoms with Gasteiger partial charge in [-0.3, -0.25) is 9.78 Å². The highest BCUT2D eigenvalue weighted by molar-refractivity contribution is 5.79. The molecule has 2 aromatic rings. The van der Waals surface area contributed by atoms with Gasteiger partial charge in [-0.2, -0.15) is 0 Å². The van der Waals surface area contributed by atoms with Crippen molar-refractivity contribution in [3.8, 4) is 0 Å². The van der Waals surface area contributed by atoms with Crippen molar-refractivity contribution in [2.75, 3.05) is 19.7 Å². The summed E-state index contributed by atoms with van der Waals surface area (Å²) >= 11 is 0. The van der Waals surface area contributed by atoms with Gasteiger partial charge in [0.15, 0.2) is 0 Å². The first-order chi connectivity index (χ1) is 12.8. The molecular formula is C22H26N2O2. The molecule has 0 bridgehead atoms. The molecule has 136 valence electrons. The van der Waals surface area contributed by atoms with Crippen molar-refractivity contribution in [2.24, 2.45) is 11.3 Å². The van der Waals surface area contributed by atoms with Crippen LogP contribution < -0.4 is 0 Å². The van der Waals surface area contributed by atoms with Crippen molar-refractivity contribution < 1.29 is 9.53 Å². The third-order valence-electron chi connectivity index (χ3n) is 5.97. The summed E-state index contributed by atoms with van der Waals surface area (Å²) in [6, 6.07) is 14.0. The van der Waals surface area contributed by atoms with Crippen LogP contribution >= 0.6 is 0 Å². The number of likely N-dealkylation sites (tertiary alicyclic amines) is 1. The zero-order chi connectivity index (χ0) is 17.8. The minimum Gasteiger partial charge on any atom is -0.376 e. The standard InChI is InChI=1S/C22H26N2O2/c25-21(12-18-6-2-1-3-7-18)24-14-20-9-4-10-22(20,16-24)17-26-15-19-8-5-11-23-13-19/h1-3,5-8,11,13,20H,4,9-10,12,14-17H2/t20-,22+/m1/s1. The molecular weight excluding hydrogens is 324 g/mol. The van der Waals surface area contributed by atoms with Crippen LogP contribution in [0.3, 0.4) is 0 Å². The molecule has 1 aliphatic carbocycles. The zero-order valence-corrected chi connectivity index (χ0v) is 15.1. The van der Waals surface area contributed by atoms with Crippen LogP contribution in [0.15, 0.2) is 54.9 Å². The minimum absolute atomic E-state index is 0.147. The third-order valence-corrected chi connectivity index (χ3v) is 5.97. The maximum absolute atomic E-state index is 12.8. The Morgan fingerprint density at radius 1 is 1.19 bits per heavy atom. The van der Waals surface area contributed by atoms with E-state index in [1.165, 1.54) is 19.3 Å². The molecule has 1 saturated carbocycles. The van der Waals surface area contributed by atoms with E-state index in [4.69, 9.17) is 4.74 Å². The van der Waals surface area contributed by atoms with Gasteiger partial charge in [-0.25, -0.2) is 0 Å². The lowest BCUT2D eigenvalue weighted by Gasteiger charge is -2.28. The highest BCUT2D eigenvalue weighted by Gasteiger charge is 2.50. The molecule has 1 saturated heterocycles. The fraction of sp³-hybridized carbons (Fsp3) is 0.455. The monoisotopic (exact) mass is 350 g/mol. The van der Waals surface area contributed by atoms with E-state index in [1.54, 1.807) is 6.20 Å². The number of rotatable bonds is 6. The van der Waals surface area contributed by atoms with Gasteiger partial charge >= 0.3 is 0 Å². The molecule has 2 heterocycles. The molecule has 26 heavy (non-hydrogen) atoms. The first-order valence-corrected chi connectivity index (χ1v) is 9.54. The Morgan fingerprint density at radius 3 is 2.85 bits per heavy atom. The number of benzene rings is 1. The number of ether oxygens (including phenoxy) is 1. The Labute approximate surface area is 155 Å². The van der Waals surface area contributed by atoms with Crippen LogP contribution in [0.1, 0.15) is 30.4 Å². The summed E-state index contributed by atoms with van der Waals surface area (Å²) in [5, 5.41) is 0. The van der Waals surface area contributed by atoms with Gasteiger partial charge in [0.05, 0.1) is 19.6 Å². The number of hydrogen-bond acceptors (Lipinski definition) is 3. The predicted molar refractivity (Wildman–Crippen MR) is 100 cm³/mol. The van der Waals surface area contributed by atoms with Crippen LogP contribution in [-0.4, -0.2) is 35.5 Å². The van der Waals surface area contributed by atoms with Gasteiger partial charge in [-0.1, -0.05) is 42.8 Å². The zero-order valence-electron chi connectivity index (χ0n) is 15.1. The van der Waals surface area contributed by atoms with Crippen LogP contribution in [0.25, 0.3) is 0 Å². The van der Waals surface area contributed by atoms with E-state index in [2.05, 4.69) is 9.88 Å². The van der Waals surface area contributed by atoms with Crippen molar-refractivity contribution >= 4 is 5.91 Å². The van der Waals surface area contributed by atoms with Gasteiger partial charge in [0, 0.05) is 30.9 Å². The van der Waals surface area contributed by atoms with Gasteiger partial charge in [0.1, 0.15) is 0 Å². The smallest absolute Gasteiger partial charge is 0.227 e. The van der Waals surface area contributed by atoms with E-state index in [1.807, 2.05) is 48.7 Å². The highest BCUT2D eigenvalue weighted by atomic mass is 16.5. The average Bonchev–Trinajstić information content (AvgIpc) is 3.21. The quantitative estimate of drug-likeness (QED) is 0.801. The number of fused-ring (bicyclic) bond motifs is 1. The molecule has 2 fully saturated rings. The summed E-state index contributed by atoms with van der Waals surface area (Å²) in [5.41, 5.74) is 2.35. The summed E-state index contributed by atoms with van der Waals surface area (Å²) in [6.45, 7) is 3.07. The van der Waals surface area contributed by atoms with Gasteiger partial charge < -0.3 is 9.64 Å². The molecule has 0 unspecified atom stereocenters. The second-order valence-electron chi connectivity index (χ2n) is 7.74. The molecule has 0 spiro atoms. The summed E-state index contributed by atoms with van der Waals surface area (Å²) in [6.07, 6.45) is 7.77. The summed E-state index contributed by atoms with van der Waals surface area (Å²) < 4.78 is 6.08. The lowest BCUT2D eigenvalue weighted by atomic mass is 9.81. The Hall–Kier alpha value is -2.20. The van der Waals surface area contributed by atoms with E-state index in [9.17, 15) is 4.79 Å². The van der Waals surface area contributed by atoms with Gasteiger partial charge in [-0.15, -0.1) is 0 Å². The van der Waals surface area contributed by atoms with Crippen LogP contribution in [0.2, 0.25) is 0 Å². The van der Waals surface area contributed by atoms with Crippen molar-refractivity contribution in [1.82, 2.24) is 9.88 Å². The van der Waals surface area contributed by atoms with Crippen LogP contribution in [-0.2, 0) is 22.6 Å². The van der Waals surface area contributed by atoms with Crippen LogP contribution in [0.4, 0.5) is 0 Å². The second-order valence-corrected chi connectivity index (χ2v) is 7.74. The molecule has 0 radical (unpaired) electrons. The highest BCUT2D eigenvalue weighted by Crippen LogP contribution is 2.49. The Bertz CT molecular complexity index is 734. The number of aromatic nitrogens is 1. The van der Waals surface area contributed by atoms with Crippen molar-refractivity contribution in [2.45, 2.75) is 32.3 Å². The lowest BCUT2D eigenvalue weighted by molar-refractivity contribution is -0.130. The summed E-state index contributed by atoms with van der Waals surface area (Å²) in [5.74, 6) is 0.827. The topological polar surface area (TPSA) is 42.4 Å². The Kier molecular flexibility index (Phi) is 5.02. The third kappa shape index (κ3) is 3.65. The Morgan fingerprint density at radius 2 is 2.04 bits per heavy atom. The molecule has 1 aromatic heterocycles. The number of hydrogen-bond donors (Lipinski definition) is 0. The van der Waals surface area contributed by atoms with Crippen molar-refractivity contribution in [1.29, 1.82) is 0 Å². The van der Waals surface area contributed by atoms with Crippen molar-refractivity contribution in [3.05, 3.63) is 66.0 Å². The normalized spacial score (nSPS) is 24.6. The largest absolute Gasteiger partial charge is 0.376 e. The van der Waals surface area contributed by atoms with Gasteiger partial charge in [0.2, 0.25) is 5.91 Å². The maximum atomic E-state index is 12.8. The number of carbonyl (C=O) groups excluding carboxylic acids is 1. The molecule has 0 N–H and O–H groups in total. The van der Waals surface area contributed by atoms with E-state index < -0.39 is 0 Å². The average molecular weight is 350 g/mol. The van der Waals surface area contributed by atoms with Gasteiger partial charge in [0.25, 0.3) is 0 Å². The van der Waals surface area contributed by atoms with E-state index in [0.29, 0.717) is 18.9 Å². The fourth-order valence-corrected chi connectivity index (χ4v) is 4.58. The molecule has 2 aliphatic rings.